The van der Waals surface area contributed by atoms with E-state index in [0.717, 1.165) is 4.47 Å². The Balaban J connectivity index is 2.98. The van der Waals surface area contributed by atoms with E-state index < -0.39 is 6.29 Å². The van der Waals surface area contributed by atoms with Crippen molar-refractivity contribution < 1.29 is 14.2 Å². The molecule has 0 atom stereocenters. The number of hydrogen-bond acceptors (Lipinski definition) is 4. The van der Waals surface area contributed by atoms with Crippen LogP contribution in [0.15, 0.2) is 16.6 Å². The molecule has 0 amide bonds. The van der Waals surface area contributed by atoms with Crippen LogP contribution in [-0.4, -0.2) is 26.3 Å². The second kappa shape index (κ2) is 5.29. The minimum absolute atomic E-state index is 0.461. The molecule has 0 bridgehead atoms. The van der Waals surface area contributed by atoms with Crippen molar-refractivity contribution in [3.05, 3.63) is 22.3 Å². The lowest BCUT2D eigenvalue weighted by Crippen LogP contribution is -2.06. The molecule has 0 radical (unpaired) electrons. The van der Waals surface area contributed by atoms with Crippen LogP contribution < -0.4 is 4.74 Å². The van der Waals surface area contributed by atoms with Gasteiger partial charge in [-0.3, -0.25) is 0 Å². The Morgan fingerprint density at radius 3 is 2.36 bits per heavy atom. The molecule has 0 unspecified atom stereocenters. The zero-order chi connectivity index (χ0) is 10.6. The SMILES string of the molecule is COc1nc(C(OC)OC)ccc1Br. The van der Waals surface area contributed by atoms with Gasteiger partial charge in [-0.1, -0.05) is 0 Å². The van der Waals surface area contributed by atoms with Gasteiger partial charge in [-0.05, 0) is 28.1 Å². The van der Waals surface area contributed by atoms with Crippen LogP contribution in [0.2, 0.25) is 0 Å². The topological polar surface area (TPSA) is 40.6 Å². The Morgan fingerprint density at radius 2 is 1.86 bits per heavy atom. The first-order valence-electron chi connectivity index (χ1n) is 3.99. The highest BCUT2D eigenvalue weighted by molar-refractivity contribution is 9.10. The molecule has 0 aliphatic heterocycles. The van der Waals surface area contributed by atoms with Crippen molar-refractivity contribution in [3.63, 3.8) is 0 Å². The summed E-state index contributed by atoms with van der Waals surface area (Å²) in [7, 11) is 4.68. The maximum Gasteiger partial charge on any atom is 0.228 e. The van der Waals surface area contributed by atoms with Gasteiger partial charge in [-0.15, -0.1) is 0 Å². The lowest BCUT2D eigenvalue weighted by molar-refractivity contribution is -0.108. The highest BCUT2D eigenvalue weighted by atomic mass is 79.9. The summed E-state index contributed by atoms with van der Waals surface area (Å²) in [6.45, 7) is 0. The highest BCUT2D eigenvalue weighted by Gasteiger charge is 2.12. The molecule has 0 spiro atoms. The summed E-state index contributed by atoms with van der Waals surface area (Å²) in [4.78, 5) is 4.21. The van der Waals surface area contributed by atoms with Crippen molar-refractivity contribution in [2.45, 2.75) is 6.29 Å². The predicted octanol–water partition coefficient (Wildman–Crippen LogP) is 2.14. The Kier molecular flexibility index (Phi) is 4.31. The molecule has 0 saturated carbocycles. The molecular weight excluding hydrogens is 250 g/mol. The summed E-state index contributed by atoms with van der Waals surface area (Å²) < 4.78 is 16.0. The Hall–Kier alpha value is -0.650. The van der Waals surface area contributed by atoms with Gasteiger partial charge in [0.2, 0.25) is 12.2 Å². The average Bonchev–Trinajstić information content (AvgIpc) is 2.22. The number of rotatable bonds is 4. The van der Waals surface area contributed by atoms with Gasteiger partial charge in [0.25, 0.3) is 0 Å². The molecule has 0 aliphatic carbocycles. The van der Waals surface area contributed by atoms with Gasteiger partial charge >= 0.3 is 0 Å². The fraction of sp³-hybridized carbons (Fsp3) is 0.444. The molecule has 4 nitrogen and oxygen atoms in total. The number of methoxy groups -OCH3 is 3. The monoisotopic (exact) mass is 261 g/mol. The quantitative estimate of drug-likeness (QED) is 0.779. The van der Waals surface area contributed by atoms with E-state index in [1.54, 1.807) is 21.3 Å². The van der Waals surface area contributed by atoms with E-state index in [-0.39, 0.29) is 0 Å². The zero-order valence-electron chi connectivity index (χ0n) is 8.28. The average molecular weight is 262 g/mol. The Bertz CT molecular complexity index is 302. The lowest BCUT2D eigenvalue weighted by Gasteiger charge is -2.13. The van der Waals surface area contributed by atoms with Gasteiger partial charge in [0, 0.05) is 14.2 Å². The molecule has 0 saturated heterocycles. The molecule has 0 fully saturated rings. The summed E-state index contributed by atoms with van der Waals surface area (Å²) in [6.07, 6.45) is -0.461. The first-order valence-corrected chi connectivity index (χ1v) is 4.78. The van der Waals surface area contributed by atoms with Crippen molar-refractivity contribution in [2.75, 3.05) is 21.3 Å². The summed E-state index contributed by atoms with van der Waals surface area (Å²) in [5.41, 5.74) is 0.676. The second-order valence-corrected chi connectivity index (χ2v) is 3.38. The van der Waals surface area contributed by atoms with Crippen molar-refractivity contribution in [3.8, 4) is 5.88 Å². The van der Waals surface area contributed by atoms with Gasteiger partial charge in [-0.25, -0.2) is 4.98 Å². The third kappa shape index (κ3) is 2.43. The molecule has 1 aromatic rings. The molecule has 14 heavy (non-hydrogen) atoms. The lowest BCUT2D eigenvalue weighted by atomic mass is 10.3. The van der Waals surface area contributed by atoms with E-state index in [4.69, 9.17) is 14.2 Å². The number of pyridine rings is 1. The zero-order valence-corrected chi connectivity index (χ0v) is 9.87. The maximum atomic E-state index is 5.07. The van der Waals surface area contributed by atoms with E-state index in [2.05, 4.69) is 20.9 Å². The molecular formula is C9H12BrNO3. The number of nitrogens with zero attached hydrogens (tertiary/aromatic N) is 1. The largest absolute Gasteiger partial charge is 0.480 e. The fourth-order valence-electron chi connectivity index (χ4n) is 1.05. The summed E-state index contributed by atoms with van der Waals surface area (Å²) in [6, 6.07) is 3.65. The number of hydrogen-bond donors (Lipinski definition) is 0. The van der Waals surface area contributed by atoms with Crippen LogP contribution in [0.4, 0.5) is 0 Å². The van der Waals surface area contributed by atoms with Crippen LogP contribution in [0, 0.1) is 0 Å². The van der Waals surface area contributed by atoms with E-state index in [9.17, 15) is 0 Å². The van der Waals surface area contributed by atoms with Crippen LogP contribution in [-0.2, 0) is 9.47 Å². The fourth-order valence-corrected chi connectivity index (χ4v) is 1.43. The van der Waals surface area contributed by atoms with Crippen LogP contribution in [0.5, 0.6) is 5.88 Å². The minimum atomic E-state index is -0.461. The first kappa shape index (κ1) is 11.4. The van der Waals surface area contributed by atoms with Crippen molar-refractivity contribution in [2.24, 2.45) is 0 Å². The highest BCUT2D eigenvalue weighted by Crippen LogP contribution is 2.25. The van der Waals surface area contributed by atoms with E-state index >= 15 is 0 Å². The number of ether oxygens (including phenoxy) is 3. The summed E-state index contributed by atoms with van der Waals surface area (Å²) in [5.74, 6) is 0.515. The molecule has 0 aromatic carbocycles. The molecule has 0 aliphatic rings. The van der Waals surface area contributed by atoms with Gasteiger partial charge in [0.1, 0.15) is 5.69 Å². The predicted molar refractivity (Wildman–Crippen MR) is 55.2 cm³/mol. The van der Waals surface area contributed by atoms with Crippen LogP contribution in [0.1, 0.15) is 12.0 Å². The van der Waals surface area contributed by atoms with Gasteiger partial charge in [0.15, 0.2) is 0 Å². The van der Waals surface area contributed by atoms with E-state index in [0.29, 0.717) is 11.6 Å². The Labute approximate surface area is 91.3 Å². The van der Waals surface area contributed by atoms with Crippen LogP contribution >= 0.6 is 15.9 Å². The standard InChI is InChI=1S/C9H12BrNO3/c1-12-8-6(10)4-5-7(11-8)9(13-2)14-3/h4-5,9H,1-3H3. The second-order valence-electron chi connectivity index (χ2n) is 2.53. The first-order chi connectivity index (χ1) is 6.72. The molecule has 0 N–H and O–H groups in total. The van der Waals surface area contributed by atoms with Gasteiger partial charge < -0.3 is 14.2 Å². The van der Waals surface area contributed by atoms with Crippen LogP contribution in [0.25, 0.3) is 0 Å². The number of aromatic nitrogens is 1. The van der Waals surface area contributed by atoms with Crippen LogP contribution in [0.3, 0.4) is 0 Å². The minimum Gasteiger partial charge on any atom is -0.480 e. The number of halogens is 1. The summed E-state index contributed by atoms with van der Waals surface area (Å²) in [5, 5.41) is 0. The molecule has 78 valence electrons. The Morgan fingerprint density at radius 1 is 1.21 bits per heavy atom. The molecule has 5 heteroatoms. The van der Waals surface area contributed by atoms with Gasteiger partial charge in [-0.2, -0.15) is 0 Å². The van der Waals surface area contributed by atoms with Crippen molar-refractivity contribution >= 4 is 15.9 Å². The van der Waals surface area contributed by atoms with Crippen molar-refractivity contribution in [1.82, 2.24) is 4.98 Å². The van der Waals surface area contributed by atoms with E-state index in [1.807, 2.05) is 12.1 Å². The normalized spacial score (nSPS) is 10.6. The molecule has 1 rings (SSSR count). The third-order valence-electron chi connectivity index (χ3n) is 1.70. The summed E-state index contributed by atoms with van der Waals surface area (Å²) >= 11 is 3.31. The maximum absolute atomic E-state index is 5.07. The molecule has 1 aromatic heterocycles. The van der Waals surface area contributed by atoms with E-state index in [1.165, 1.54) is 0 Å². The van der Waals surface area contributed by atoms with Gasteiger partial charge in [0.05, 0.1) is 11.6 Å². The smallest absolute Gasteiger partial charge is 0.228 e. The molecule has 1 heterocycles. The third-order valence-corrected chi connectivity index (χ3v) is 2.30. The van der Waals surface area contributed by atoms with Crippen molar-refractivity contribution in [1.29, 1.82) is 0 Å².